The minimum atomic E-state index is -2.16. The summed E-state index contributed by atoms with van der Waals surface area (Å²) in [6, 6.07) is 0. The van der Waals surface area contributed by atoms with E-state index in [0.29, 0.717) is 70.6 Å². The van der Waals surface area contributed by atoms with Gasteiger partial charge >= 0.3 is 11.9 Å². The van der Waals surface area contributed by atoms with Gasteiger partial charge in [0.25, 0.3) is 0 Å². The molecular formula is C81H130O38. The number of ether oxygens (including phenoxy) is 17. The van der Waals surface area contributed by atoms with E-state index < -0.39 is 305 Å². The molecule has 38 nitrogen and oxygen atoms in total. The number of aliphatic carboxylic acids is 1. The lowest BCUT2D eigenvalue weighted by atomic mass is 9.33. The van der Waals surface area contributed by atoms with E-state index in [1.165, 1.54) is 13.8 Å². The molecule has 0 spiro atoms. The van der Waals surface area contributed by atoms with Gasteiger partial charge in [-0.1, -0.05) is 80.5 Å². The van der Waals surface area contributed by atoms with Crippen molar-refractivity contribution < 1.29 is 187 Å². The lowest BCUT2D eigenvalue weighted by Crippen LogP contribution is -2.68. The highest BCUT2D eigenvalue weighted by Crippen LogP contribution is 2.76. The third-order valence-electron chi connectivity index (χ3n) is 30.1. The van der Waals surface area contributed by atoms with E-state index in [2.05, 4.69) is 61.1 Å². The van der Waals surface area contributed by atoms with Crippen LogP contribution in [-0.2, 0) is 90.1 Å². The molecule has 12 fully saturated rings. The SMILES string of the molecule is C=C(OC1C(C)OC(OC(=O)C23CCC(C)(C)CC2C2=CCC4C5(C)CCC(OC6OC(C(=O)O)C(O)C(OC7OCC(O)C(O)C7O)C6OC6OC(CO)C(O)C(O)C6O)C(C)(C)C5CCC4(C)C2(C)CC3)C(OC2OC(C)C(OC3OCC(O)C(O[C@H]4OC[C@@](O)(CO)[C@@H]4O)C3O)C(O)C2O)C1OC1OC(C)C(O)C(O)C1O)C(C)CC. The third kappa shape index (κ3) is 16.8. The maximum atomic E-state index is 16.5. The van der Waals surface area contributed by atoms with Crippen molar-refractivity contribution in [2.24, 2.45) is 56.2 Å². The number of esters is 1. The molecule has 0 aromatic carbocycles. The minimum Gasteiger partial charge on any atom is -0.490 e. The van der Waals surface area contributed by atoms with Gasteiger partial charge in [-0.15, -0.1) is 0 Å². The number of carbonyl (C=O) groups is 2. The van der Waals surface area contributed by atoms with E-state index in [9.17, 15) is 102 Å². The number of rotatable bonds is 23. The van der Waals surface area contributed by atoms with Gasteiger partial charge < -0.3 is 178 Å². The Morgan fingerprint density at radius 2 is 1.07 bits per heavy atom. The van der Waals surface area contributed by atoms with E-state index in [1.807, 2.05) is 13.8 Å². The Labute approximate surface area is 690 Å². The number of aliphatic hydroxyl groups is 18. The molecule has 682 valence electrons. The number of carbonyl (C=O) groups excluding carboxylic acids is 1. The maximum absolute atomic E-state index is 16.5. The van der Waals surface area contributed by atoms with Gasteiger partial charge in [-0.25, -0.2) is 4.79 Å². The van der Waals surface area contributed by atoms with Crippen LogP contribution in [0.5, 0.6) is 0 Å². The number of fused-ring (bicyclic) bond motifs is 7. The predicted molar refractivity (Wildman–Crippen MR) is 399 cm³/mol. The minimum absolute atomic E-state index is 0.00396. The molecular weight excluding hydrogens is 1580 g/mol. The lowest BCUT2D eigenvalue weighted by molar-refractivity contribution is -0.392. The Bertz CT molecular complexity index is 3520. The molecule has 8 heterocycles. The van der Waals surface area contributed by atoms with Crippen LogP contribution in [0, 0.1) is 56.2 Å². The molecule has 4 saturated carbocycles. The first-order chi connectivity index (χ1) is 55.8. The van der Waals surface area contributed by atoms with Crippen LogP contribution in [0.25, 0.3) is 0 Å². The van der Waals surface area contributed by atoms with Crippen LogP contribution >= 0.6 is 0 Å². The van der Waals surface area contributed by atoms with Crippen molar-refractivity contribution in [2.75, 3.05) is 33.0 Å². The number of aliphatic hydroxyl groups excluding tert-OH is 17. The van der Waals surface area contributed by atoms with E-state index in [-0.39, 0.29) is 28.9 Å². The Kier molecular flexibility index (Phi) is 27.9. The van der Waals surface area contributed by atoms with Crippen molar-refractivity contribution in [1.82, 2.24) is 0 Å². The lowest BCUT2D eigenvalue weighted by Gasteiger charge is -2.71. The van der Waals surface area contributed by atoms with Crippen molar-refractivity contribution >= 4 is 11.9 Å². The highest BCUT2D eigenvalue weighted by molar-refractivity contribution is 5.79. The summed E-state index contributed by atoms with van der Waals surface area (Å²) in [5.41, 5.74) is -4.75. The quantitative estimate of drug-likeness (QED) is 0.0209. The molecule has 0 aromatic heterocycles. The van der Waals surface area contributed by atoms with Crippen molar-refractivity contribution in [3.63, 3.8) is 0 Å². The monoisotopic (exact) mass is 1710 g/mol. The Morgan fingerprint density at radius 3 is 1.71 bits per heavy atom. The molecule has 0 bridgehead atoms. The predicted octanol–water partition coefficient (Wildman–Crippen LogP) is -3.06. The summed E-state index contributed by atoms with van der Waals surface area (Å²) in [6.45, 7) is 24.5. The van der Waals surface area contributed by atoms with Crippen LogP contribution in [0.3, 0.4) is 0 Å². The average Bonchev–Trinajstić information content (AvgIpc) is 0.896. The second kappa shape index (κ2) is 35.5. The first-order valence-corrected chi connectivity index (χ1v) is 42.1. The van der Waals surface area contributed by atoms with E-state index in [0.717, 1.165) is 5.57 Å². The maximum Gasteiger partial charge on any atom is 0.335 e. The molecule has 13 rings (SSSR count). The van der Waals surface area contributed by atoms with Gasteiger partial charge in [0.1, 0.15) is 134 Å². The van der Waals surface area contributed by atoms with Gasteiger partial charge in [0, 0.05) is 5.92 Å². The van der Waals surface area contributed by atoms with Crippen LogP contribution in [0.4, 0.5) is 0 Å². The fraction of sp³-hybridized carbons (Fsp3) is 0.926. The molecule has 19 N–H and O–H groups in total. The highest BCUT2D eigenvalue weighted by atomic mass is 16.8. The van der Waals surface area contributed by atoms with Gasteiger partial charge in [0.05, 0.1) is 68.6 Å². The topological polar surface area (TPSA) is 575 Å². The van der Waals surface area contributed by atoms with E-state index in [1.54, 1.807) is 6.92 Å². The summed E-state index contributed by atoms with van der Waals surface area (Å²) in [6.07, 6.45) is -53.6. The zero-order valence-electron chi connectivity index (χ0n) is 69.4. The number of carboxylic acid groups (broad SMARTS) is 1. The van der Waals surface area contributed by atoms with Crippen LogP contribution in [0.15, 0.2) is 24.0 Å². The number of hydrogen-bond donors (Lipinski definition) is 19. The summed E-state index contributed by atoms with van der Waals surface area (Å²) in [4.78, 5) is 29.6. The molecule has 119 heavy (non-hydrogen) atoms. The summed E-state index contributed by atoms with van der Waals surface area (Å²) in [5.74, 6) is -2.86. The molecule has 0 radical (unpaired) electrons. The molecule has 42 unspecified atom stereocenters. The molecule has 45 atom stereocenters. The first kappa shape index (κ1) is 93.5. The largest absolute Gasteiger partial charge is 0.490 e. The van der Waals surface area contributed by atoms with Crippen molar-refractivity contribution in [2.45, 2.75) is 381 Å². The first-order valence-electron chi connectivity index (χ1n) is 42.1. The number of hydrogen-bond acceptors (Lipinski definition) is 37. The standard InChI is InChI=1S/C81H130O38/c1-14-31(2)32(3)106-57-35(6)109-71(63(61(57)116-68-51(93)47(89)44(86)33(4)107-68)118-69-53(95)49(91)56(34(5)108-69)112-67-55(97)58(39(85)28-104-67)113-73-64(98)81(102,29-83)30-105-73)119-74(101)80-23-21-75(7,8)25-37(80)36-15-16-42-77(11)19-18-43(76(9,10)41(77)17-20-79(42,13)78(36,12)22-24-80)111-72-62(117-70-52(94)48(90)46(88)40(26-82)110-70)59(54(96)60(115-72)65(99)100)114-66-50(92)45(87)38(84)27-103-66/h15,31,33-35,37-64,66-73,82-98,102H,3,14,16-30H2,1-2,4-13H3,(H,99,100)/t31?,33?,34?,35?,37?,38?,39?,40?,41?,42?,43?,44?,45?,46?,47?,48?,49?,50?,51?,52?,53?,54?,55?,56?,57?,58?,59?,60?,61?,62?,63?,64-,66?,67?,68?,69?,70?,71?,72?,73-,77?,78?,79?,80?,81+/m1/s1. The molecule has 13 aliphatic rings. The highest BCUT2D eigenvalue weighted by Gasteiger charge is 2.72. The molecule has 38 heteroatoms. The van der Waals surface area contributed by atoms with E-state index >= 15 is 4.79 Å². The zero-order chi connectivity index (χ0) is 86.9. The summed E-state index contributed by atoms with van der Waals surface area (Å²) in [7, 11) is 0. The smallest absolute Gasteiger partial charge is 0.335 e. The summed E-state index contributed by atoms with van der Waals surface area (Å²) >= 11 is 0. The Morgan fingerprint density at radius 1 is 0.513 bits per heavy atom. The van der Waals surface area contributed by atoms with Crippen molar-refractivity contribution in [3.8, 4) is 0 Å². The van der Waals surface area contributed by atoms with E-state index in [4.69, 9.17) is 80.5 Å². The van der Waals surface area contributed by atoms with Crippen LogP contribution in [0.2, 0.25) is 0 Å². The third-order valence-corrected chi connectivity index (χ3v) is 30.1. The molecule has 8 aliphatic heterocycles. The molecule has 0 aromatic rings. The Hall–Kier alpha value is -3.10. The molecule has 0 amide bonds. The van der Waals surface area contributed by atoms with Crippen molar-refractivity contribution in [1.29, 1.82) is 0 Å². The number of carboxylic acids is 1. The average molecular weight is 1710 g/mol. The van der Waals surface area contributed by atoms with Crippen LogP contribution < -0.4 is 0 Å². The second-order valence-electron chi connectivity index (χ2n) is 38.2. The summed E-state index contributed by atoms with van der Waals surface area (Å²) < 4.78 is 106. The normalized spacial score (nSPS) is 52.6. The Balaban J connectivity index is 0.784. The van der Waals surface area contributed by atoms with Crippen molar-refractivity contribution in [3.05, 3.63) is 24.0 Å². The zero-order valence-corrected chi connectivity index (χ0v) is 69.4. The van der Waals surface area contributed by atoms with Gasteiger partial charge in [0.2, 0.25) is 6.29 Å². The van der Waals surface area contributed by atoms with Gasteiger partial charge in [0.15, 0.2) is 62.3 Å². The fourth-order valence-corrected chi connectivity index (χ4v) is 22.1. The van der Waals surface area contributed by atoms with Crippen LogP contribution in [-0.4, -0.2) is 369 Å². The molecule has 8 saturated heterocycles. The van der Waals surface area contributed by atoms with Gasteiger partial charge in [-0.2, -0.15) is 0 Å². The number of allylic oxidation sites excluding steroid dienone is 3. The van der Waals surface area contributed by atoms with Crippen LogP contribution in [0.1, 0.15) is 154 Å². The fourth-order valence-electron chi connectivity index (χ4n) is 22.1. The van der Waals surface area contributed by atoms with Gasteiger partial charge in [-0.3, -0.25) is 4.79 Å². The van der Waals surface area contributed by atoms with Gasteiger partial charge in [-0.05, 0) is 136 Å². The summed E-state index contributed by atoms with van der Waals surface area (Å²) in [5, 5.41) is 210. The second-order valence-corrected chi connectivity index (χ2v) is 38.2. The molecule has 5 aliphatic carbocycles.